The highest BCUT2D eigenvalue weighted by Gasteiger charge is 2.44. The van der Waals surface area contributed by atoms with Crippen LogP contribution in [0.3, 0.4) is 0 Å². The second-order valence-electron chi connectivity index (χ2n) is 6.95. The minimum absolute atomic E-state index is 0.0961. The second kappa shape index (κ2) is 4.81. The van der Waals surface area contributed by atoms with Gasteiger partial charge in [-0.2, -0.15) is 0 Å². The summed E-state index contributed by atoms with van der Waals surface area (Å²) < 4.78 is 5.47. The van der Waals surface area contributed by atoms with Crippen molar-refractivity contribution in [2.75, 3.05) is 5.75 Å². The van der Waals surface area contributed by atoms with Gasteiger partial charge in [0, 0.05) is 5.75 Å². The van der Waals surface area contributed by atoms with Crippen LogP contribution in [-0.4, -0.2) is 28.7 Å². The van der Waals surface area contributed by atoms with Gasteiger partial charge in [0.15, 0.2) is 0 Å². The number of hydrogen-bond donors (Lipinski definition) is 1. The highest BCUT2D eigenvalue weighted by atomic mass is 32.2. The van der Waals surface area contributed by atoms with Crippen LogP contribution < -0.4 is 5.32 Å². The van der Waals surface area contributed by atoms with Crippen molar-refractivity contribution in [2.24, 2.45) is 17.8 Å². The molecule has 0 radical (unpaired) electrons. The van der Waals surface area contributed by atoms with Crippen LogP contribution in [-0.2, 0) is 9.53 Å². The van der Waals surface area contributed by atoms with Gasteiger partial charge in [-0.25, -0.2) is 0 Å². The Balaban J connectivity index is 1.56. The molecular formula is C15H23NO2S. The minimum Gasteiger partial charge on any atom is -0.459 e. The maximum absolute atomic E-state index is 12.1. The van der Waals surface area contributed by atoms with Crippen LogP contribution in [0.2, 0.25) is 0 Å². The van der Waals surface area contributed by atoms with E-state index in [9.17, 15) is 4.79 Å². The fraction of sp³-hybridized carbons (Fsp3) is 0.800. The summed E-state index contributed by atoms with van der Waals surface area (Å²) in [5, 5.41) is 3.92. The molecule has 5 atom stereocenters. The van der Waals surface area contributed by atoms with Crippen molar-refractivity contribution < 1.29 is 9.53 Å². The van der Waals surface area contributed by atoms with Gasteiger partial charge < -0.3 is 4.74 Å². The number of carbonyl (C=O) groups excluding carboxylic acids is 1. The molecule has 0 aromatic carbocycles. The van der Waals surface area contributed by atoms with Crippen LogP contribution in [0, 0.1) is 17.8 Å². The molecular weight excluding hydrogens is 258 g/mol. The lowest BCUT2D eigenvalue weighted by molar-refractivity contribution is -0.156. The predicted octanol–water partition coefficient (Wildman–Crippen LogP) is 2.57. The molecule has 19 heavy (non-hydrogen) atoms. The zero-order valence-corrected chi connectivity index (χ0v) is 12.7. The first kappa shape index (κ1) is 13.5. The van der Waals surface area contributed by atoms with Crippen LogP contribution in [0.15, 0.2) is 12.2 Å². The number of allylic oxidation sites excluding steroid dienone is 2. The number of esters is 1. The van der Waals surface area contributed by atoms with Gasteiger partial charge in [-0.05, 0) is 51.4 Å². The quantitative estimate of drug-likeness (QED) is 0.623. The molecule has 0 spiro atoms. The summed E-state index contributed by atoms with van der Waals surface area (Å²) in [7, 11) is 0. The van der Waals surface area contributed by atoms with Crippen molar-refractivity contribution in [2.45, 2.75) is 50.6 Å². The highest BCUT2D eigenvalue weighted by molar-refractivity contribution is 8.00. The third-order valence-electron chi connectivity index (χ3n) is 4.22. The Morgan fingerprint density at radius 2 is 2.11 bits per heavy atom. The lowest BCUT2D eigenvalue weighted by Gasteiger charge is -2.26. The van der Waals surface area contributed by atoms with Crippen molar-refractivity contribution >= 4 is 17.7 Å². The molecule has 3 rings (SSSR count). The van der Waals surface area contributed by atoms with E-state index < -0.39 is 5.60 Å². The van der Waals surface area contributed by atoms with E-state index in [-0.39, 0.29) is 12.0 Å². The molecule has 1 saturated carbocycles. The van der Waals surface area contributed by atoms with Crippen LogP contribution in [0.4, 0.5) is 0 Å². The van der Waals surface area contributed by atoms with E-state index in [1.807, 2.05) is 32.5 Å². The summed E-state index contributed by atoms with van der Waals surface area (Å²) in [5.74, 6) is 2.97. The molecule has 0 aromatic heterocycles. The van der Waals surface area contributed by atoms with Crippen LogP contribution in [0.1, 0.15) is 33.6 Å². The van der Waals surface area contributed by atoms with E-state index in [1.165, 1.54) is 12.8 Å². The van der Waals surface area contributed by atoms with Crippen LogP contribution in [0.5, 0.6) is 0 Å². The number of nitrogens with one attached hydrogen (secondary N) is 1. The third-order valence-corrected chi connectivity index (χ3v) is 5.59. The number of hydrogen-bond acceptors (Lipinski definition) is 4. The van der Waals surface area contributed by atoms with Gasteiger partial charge in [0.05, 0.1) is 5.37 Å². The number of carbonyl (C=O) groups is 1. The molecule has 3 aliphatic rings. The summed E-state index contributed by atoms with van der Waals surface area (Å²) in [4.78, 5) is 12.1. The Morgan fingerprint density at radius 3 is 2.68 bits per heavy atom. The first-order chi connectivity index (χ1) is 8.92. The summed E-state index contributed by atoms with van der Waals surface area (Å²) >= 11 is 1.90. The van der Waals surface area contributed by atoms with E-state index in [0.717, 1.165) is 17.6 Å². The van der Waals surface area contributed by atoms with Gasteiger partial charge in [-0.3, -0.25) is 10.1 Å². The maximum Gasteiger partial charge on any atom is 0.324 e. The van der Waals surface area contributed by atoms with E-state index >= 15 is 0 Å². The molecule has 106 valence electrons. The zero-order valence-electron chi connectivity index (χ0n) is 11.9. The van der Waals surface area contributed by atoms with Gasteiger partial charge in [-0.15, -0.1) is 11.8 Å². The normalized spacial score (nSPS) is 40.9. The summed E-state index contributed by atoms with van der Waals surface area (Å²) in [6.45, 7) is 5.77. The van der Waals surface area contributed by atoms with Crippen molar-refractivity contribution in [3.63, 3.8) is 0 Å². The summed E-state index contributed by atoms with van der Waals surface area (Å²) in [6, 6.07) is -0.127. The smallest absolute Gasteiger partial charge is 0.324 e. The number of fused-ring (bicyclic) bond motifs is 2. The number of rotatable bonds is 2. The van der Waals surface area contributed by atoms with Crippen LogP contribution in [0.25, 0.3) is 0 Å². The third kappa shape index (κ3) is 2.84. The fourth-order valence-electron chi connectivity index (χ4n) is 3.42. The van der Waals surface area contributed by atoms with Crippen LogP contribution >= 0.6 is 11.8 Å². The van der Waals surface area contributed by atoms with Gasteiger partial charge >= 0.3 is 5.97 Å². The number of thioether (sulfide) groups is 1. The molecule has 2 aliphatic carbocycles. The van der Waals surface area contributed by atoms with Gasteiger partial charge in [-0.1, -0.05) is 12.2 Å². The SMILES string of the molecule is CC(C)(C)OC(=O)[C@@H]1CSC(C2CC3C=CC2C3)N1. The maximum atomic E-state index is 12.1. The molecule has 4 unspecified atom stereocenters. The van der Waals surface area contributed by atoms with Crippen molar-refractivity contribution in [3.8, 4) is 0 Å². The molecule has 0 amide bonds. The monoisotopic (exact) mass is 281 g/mol. The first-order valence-corrected chi connectivity index (χ1v) is 8.26. The molecule has 1 heterocycles. The predicted molar refractivity (Wildman–Crippen MR) is 77.9 cm³/mol. The van der Waals surface area contributed by atoms with Gasteiger partial charge in [0.2, 0.25) is 0 Å². The Morgan fingerprint density at radius 1 is 1.32 bits per heavy atom. The molecule has 3 nitrogen and oxygen atoms in total. The Labute approximate surface area is 119 Å². The lowest BCUT2D eigenvalue weighted by Crippen LogP contribution is -2.43. The average molecular weight is 281 g/mol. The average Bonchev–Trinajstić information content (AvgIpc) is 3.02. The van der Waals surface area contributed by atoms with Gasteiger partial charge in [0.25, 0.3) is 0 Å². The topological polar surface area (TPSA) is 38.3 Å². The highest BCUT2D eigenvalue weighted by Crippen LogP contribution is 2.48. The molecule has 2 bridgehead atoms. The van der Waals surface area contributed by atoms with E-state index in [0.29, 0.717) is 11.3 Å². The Kier molecular flexibility index (Phi) is 3.42. The Bertz CT molecular complexity index is 401. The second-order valence-corrected chi connectivity index (χ2v) is 8.13. The van der Waals surface area contributed by atoms with Crippen molar-refractivity contribution in [3.05, 3.63) is 12.2 Å². The van der Waals surface area contributed by atoms with Crippen molar-refractivity contribution in [1.82, 2.24) is 5.32 Å². The molecule has 0 aromatic rings. The zero-order chi connectivity index (χ0) is 13.6. The first-order valence-electron chi connectivity index (χ1n) is 7.21. The summed E-state index contributed by atoms with van der Waals surface area (Å²) in [5.41, 5.74) is -0.392. The Hall–Kier alpha value is -0.480. The van der Waals surface area contributed by atoms with E-state index in [2.05, 4.69) is 17.5 Å². The molecule has 2 fully saturated rings. The molecule has 1 N–H and O–H groups in total. The van der Waals surface area contributed by atoms with E-state index in [4.69, 9.17) is 4.74 Å². The summed E-state index contributed by atoms with van der Waals surface area (Å²) in [6.07, 6.45) is 7.35. The molecule has 1 aliphatic heterocycles. The van der Waals surface area contributed by atoms with Crippen molar-refractivity contribution in [1.29, 1.82) is 0 Å². The molecule has 4 heteroatoms. The lowest BCUT2D eigenvalue weighted by atomic mass is 9.93. The molecule has 1 saturated heterocycles. The fourth-order valence-corrected chi connectivity index (χ4v) is 4.87. The standard InChI is InChI=1S/C15H23NO2S/c1-15(2,3)18-14(17)12-8-19-13(16-12)11-7-9-4-5-10(11)6-9/h4-5,9-13,16H,6-8H2,1-3H3/t9?,10?,11?,12-,13?/m0/s1. The number of ether oxygens (including phenoxy) is 1. The largest absolute Gasteiger partial charge is 0.459 e. The minimum atomic E-state index is -0.392. The van der Waals surface area contributed by atoms with Gasteiger partial charge in [0.1, 0.15) is 11.6 Å². The van der Waals surface area contributed by atoms with E-state index in [1.54, 1.807) is 0 Å².